The van der Waals surface area contributed by atoms with Crippen LogP contribution < -0.4 is 10.6 Å². The number of aromatic hydroxyl groups is 3. The molecule has 15 heteroatoms. The fourth-order valence-electron chi connectivity index (χ4n) is 3.01. The molecule has 0 unspecified atom stereocenters. The Balaban J connectivity index is 0.000000608. The first kappa shape index (κ1) is 38.9. The number of ether oxygens (including phenoxy) is 3. The minimum Gasteiger partial charge on any atom is -0.506 e. The van der Waals surface area contributed by atoms with Crippen LogP contribution in [0.1, 0.15) is 43.9 Å². The fraction of sp³-hybridized carbons (Fsp3) is 0.357. The van der Waals surface area contributed by atoms with Gasteiger partial charge in [-0.1, -0.05) is 0 Å². The van der Waals surface area contributed by atoms with E-state index in [1.54, 1.807) is 21.3 Å². The fourth-order valence-corrected chi connectivity index (χ4v) is 3.01. The van der Waals surface area contributed by atoms with Crippen LogP contribution in [0.3, 0.4) is 0 Å². The summed E-state index contributed by atoms with van der Waals surface area (Å²) < 4.78 is 14.4. The number of nitrogens with one attached hydrogen (secondary N) is 2. The van der Waals surface area contributed by atoms with Crippen LogP contribution in [0.5, 0.6) is 17.2 Å². The van der Waals surface area contributed by atoms with Gasteiger partial charge in [-0.25, -0.2) is 0 Å². The maximum atomic E-state index is 11.5. The summed E-state index contributed by atoms with van der Waals surface area (Å²) in [6.45, 7) is 2.26. The predicted molar refractivity (Wildman–Crippen MR) is 152 cm³/mol. The zero-order valence-electron chi connectivity index (χ0n) is 24.1. The molecule has 0 aliphatic carbocycles. The van der Waals surface area contributed by atoms with Crippen molar-refractivity contribution >= 4 is 17.6 Å². The van der Waals surface area contributed by atoms with Gasteiger partial charge in [0.2, 0.25) is 0 Å². The number of hydrogen-bond donors (Lipinski definition) is 5. The van der Waals surface area contributed by atoms with E-state index >= 15 is 0 Å². The Hall–Kier alpha value is -4.14. The van der Waals surface area contributed by atoms with Crippen molar-refractivity contribution in [3.8, 4) is 17.2 Å². The average molecular weight is 643 g/mol. The molecule has 0 fully saturated rings. The molecule has 3 heterocycles. The second-order valence-corrected chi connectivity index (χ2v) is 8.20. The number of aromatic nitrogens is 3. The quantitative estimate of drug-likeness (QED) is 0.103. The van der Waals surface area contributed by atoms with Crippen molar-refractivity contribution in [2.24, 2.45) is 0 Å². The molecule has 3 rings (SSSR count). The summed E-state index contributed by atoms with van der Waals surface area (Å²) in [6.07, 6.45) is 9.15. The number of Topliss-reactive ketones (excluding diaryl/α,β-unsaturated/α-hetero) is 1. The van der Waals surface area contributed by atoms with Gasteiger partial charge in [-0.3, -0.25) is 29.3 Å². The molecule has 0 aliphatic rings. The Labute approximate surface area is 260 Å². The Morgan fingerprint density at radius 1 is 0.651 bits per heavy atom. The van der Waals surface area contributed by atoms with Gasteiger partial charge in [0.1, 0.15) is 17.2 Å². The molecule has 3 aromatic rings. The van der Waals surface area contributed by atoms with Crippen LogP contribution in [0.2, 0.25) is 0 Å². The Kier molecular flexibility index (Phi) is 21.2. The van der Waals surface area contributed by atoms with Crippen molar-refractivity contribution in [2.45, 2.75) is 12.8 Å². The van der Waals surface area contributed by atoms with Crippen molar-refractivity contribution in [2.75, 3.05) is 54.2 Å². The Bertz CT molecular complexity index is 1100. The molecule has 236 valence electrons. The van der Waals surface area contributed by atoms with Gasteiger partial charge in [-0.2, -0.15) is 0 Å². The van der Waals surface area contributed by atoms with Gasteiger partial charge in [-0.05, 0) is 24.6 Å². The number of amides is 2. The molecule has 2 amide bonds. The van der Waals surface area contributed by atoms with E-state index in [1.165, 1.54) is 55.4 Å². The minimum atomic E-state index is -0.332. The SMILES string of the molecule is COCCCC(=O)c1ccncc1O.COCCNC(=O)c1ccncc1O.COCCNC(=O)c1ccncc1O.[Fe]. The van der Waals surface area contributed by atoms with Gasteiger partial charge in [0, 0.05) is 83.1 Å². The summed E-state index contributed by atoms with van der Waals surface area (Å²) in [7, 11) is 4.69. The molecule has 0 spiro atoms. The monoisotopic (exact) mass is 643 g/mol. The van der Waals surface area contributed by atoms with Crippen LogP contribution in [-0.4, -0.2) is 102 Å². The molecule has 0 bridgehead atoms. The van der Waals surface area contributed by atoms with Gasteiger partial charge >= 0.3 is 0 Å². The number of hydrogen-bond acceptors (Lipinski definition) is 12. The molecule has 0 aromatic carbocycles. The van der Waals surface area contributed by atoms with Crippen molar-refractivity contribution in [3.63, 3.8) is 0 Å². The van der Waals surface area contributed by atoms with Gasteiger partial charge < -0.3 is 40.2 Å². The maximum absolute atomic E-state index is 11.5. The summed E-state index contributed by atoms with van der Waals surface area (Å²) >= 11 is 0. The molecule has 0 radical (unpaired) electrons. The molecule has 0 atom stereocenters. The molecular formula is C28H37FeN5O9. The second-order valence-electron chi connectivity index (χ2n) is 8.20. The third kappa shape index (κ3) is 15.6. The van der Waals surface area contributed by atoms with E-state index in [0.717, 1.165) is 0 Å². The Morgan fingerprint density at radius 3 is 1.37 bits per heavy atom. The number of carbonyl (C=O) groups is 3. The average Bonchev–Trinajstić information content (AvgIpc) is 2.99. The number of methoxy groups -OCH3 is 3. The van der Waals surface area contributed by atoms with Crippen molar-refractivity contribution in [1.29, 1.82) is 0 Å². The first-order valence-electron chi connectivity index (χ1n) is 12.7. The number of rotatable bonds is 13. The van der Waals surface area contributed by atoms with Crippen LogP contribution >= 0.6 is 0 Å². The standard InChI is InChI=1S/C10H13NO3.2C9H12N2O3.Fe/c1-14-6-2-3-9(12)8-4-5-11-7-10(8)13;2*1-14-5-4-11-9(13)7-2-3-10-6-8(7)12;/h4-5,7,13H,2-3,6H2,1H3;2*2-3,6,12H,4-5H2,1H3,(H,11,13);. The number of pyridine rings is 3. The topological polar surface area (TPSA) is 202 Å². The first-order chi connectivity index (χ1) is 20.3. The summed E-state index contributed by atoms with van der Waals surface area (Å²) in [5.74, 6) is -1.05. The van der Waals surface area contributed by atoms with Gasteiger partial charge in [0.15, 0.2) is 5.78 Å². The van der Waals surface area contributed by atoms with E-state index in [9.17, 15) is 29.7 Å². The molecule has 0 aliphatic heterocycles. The van der Waals surface area contributed by atoms with E-state index < -0.39 is 0 Å². The van der Waals surface area contributed by atoms with E-state index in [4.69, 9.17) is 14.2 Å². The van der Waals surface area contributed by atoms with E-state index in [-0.39, 0.29) is 63.0 Å². The van der Waals surface area contributed by atoms with Crippen LogP contribution in [0.15, 0.2) is 55.4 Å². The van der Waals surface area contributed by atoms with Crippen molar-refractivity contribution in [3.05, 3.63) is 72.1 Å². The second kappa shape index (κ2) is 23.4. The molecule has 5 N–H and O–H groups in total. The van der Waals surface area contributed by atoms with E-state index in [2.05, 4.69) is 25.6 Å². The third-order valence-electron chi connectivity index (χ3n) is 5.13. The van der Waals surface area contributed by atoms with Crippen LogP contribution in [0.4, 0.5) is 0 Å². The van der Waals surface area contributed by atoms with Gasteiger partial charge in [0.25, 0.3) is 11.8 Å². The predicted octanol–water partition coefficient (Wildman–Crippen LogP) is 1.72. The van der Waals surface area contributed by atoms with E-state index in [0.29, 0.717) is 51.3 Å². The van der Waals surface area contributed by atoms with Crippen molar-refractivity contribution in [1.82, 2.24) is 25.6 Å². The smallest absolute Gasteiger partial charge is 0.255 e. The molecule has 14 nitrogen and oxygen atoms in total. The zero-order valence-corrected chi connectivity index (χ0v) is 25.2. The summed E-state index contributed by atoms with van der Waals surface area (Å²) in [4.78, 5) is 45.3. The maximum Gasteiger partial charge on any atom is 0.255 e. The number of ketones is 1. The molecule has 43 heavy (non-hydrogen) atoms. The van der Waals surface area contributed by atoms with Crippen LogP contribution in [-0.2, 0) is 31.3 Å². The largest absolute Gasteiger partial charge is 0.506 e. The van der Waals surface area contributed by atoms with Crippen LogP contribution in [0, 0.1) is 0 Å². The van der Waals surface area contributed by atoms with Gasteiger partial charge in [-0.15, -0.1) is 0 Å². The summed E-state index contributed by atoms with van der Waals surface area (Å²) in [5, 5.41) is 33.1. The molecular weight excluding hydrogens is 606 g/mol. The first-order valence-corrected chi connectivity index (χ1v) is 12.7. The van der Waals surface area contributed by atoms with E-state index in [1.807, 2.05) is 0 Å². The molecule has 3 aromatic heterocycles. The number of nitrogens with zero attached hydrogens (tertiary/aromatic N) is 3. The van der Waals surface area contributed by atoms with Crippen molar-refractivity contribution < 1.29 is 61.0 Å². The summed E-state index contributed by atoms with van der Waals surface area (Å²) in [6, 6.07) is 4.43. The third-order valence-corrected chi connectivity index (χ3v) is 5.13. The number of carbonyl (C=O) groups excluding carboxylic acids is 3. The Morgan fingerprint density at radius 2 is 1.02 bits per heavy atom. The normalized spacial score (nSPS) is 9.65. The molecule has 0 saturated carbocycles. The molecule has 0 saturated heterocycles. The summed E-state index contributed by atoms with van der Waals surface area (Å²) in [5.41, 5.74) is 0.767. The van der Waals surface area contributed by atoms with Gasteiger partial charge in [0.05, 0.1) is 48.5 Å². The zero-order chi connectivity index (χ0) is 31.2. The van der Waals surface area contributed by atoms with Crippen LogP contribution in [0.25, 0.3) is 0 Å². The minimum absolute atomic E-state index is 0.